The van der Waals surface area contributed by atoms with Gasteiger partial charge >= 0.3 is 0 Å². The van der Waals surface area contributed by atoms with Crippen LogP contribution in [0.4, 0.5) is 5.82 Å². The molecule has 0 unspecified atom stereocenters. The lowest BCUT2D eigenvalue weighted by molar-refractivity contribution is 1.20. The number of anilines is 1. The number of imidazole rings is 1. The number of hydrogen-bond donors (Lipinski definition) is 3. The Morgan fingerprint density at radius 3 is 2.64 bits per heavy atom. The Bertz CT molecular complexity index is 1310. The Morgan fingerprint density at radius 2 is 1.75 bits per heavy atom. The minimum absolute atomic E-state index is 0. The fourth-order valence-electron chi connectivity index (χ4n) is 3.41. The van der Waals surface area contributed by atoms with Gasteiger partial charge in [-0.15, -0.1) is 0 Å². The SMILES string of the molecule is Cc1cc2c(-c3ncccc3-c3ncnc4[nH]cnc34)cccc2c(N)n1.N. The molecule has 0 radical (unpaired) electrons. The molecule has 0 saturated carbocycles. The monoisotopic (exact) mass is 370 g/mol. The van der Waals surface area contributed by atoms with E-state index in [-0.39, 0.29) is 6.15 Å². The highest BCUT2D eigenvalue weighted by Crippen LogP contribution is 2.36. The largest absolute Gasteiger partial charge is 0.383 e. The summed E-state index contributed by atoms with van der Waals surface area (Å²) in [5.74, 6) is 0.515. The Hall–Kier alpha value is -3.91. The summed E-state index contributed by atoms with van der Waals surface area (Å²) in [6.45, 7) is 1.93. The lowest BCUT2D eigenvalue weighted by Crippen LogP contribution is -1.97. The molecule has 138 valence electrons. The van der Waals surface area contributed by atoms with Crippen molar-refractivity contribution in [1.29, 1.82) is 0 Å². The predicted molar refractivity (Wildman–Crippen MR) is 110 cm³/mol. The smallest absolute Gasteiger partial charge is 0.161 e. The van der Waals surface area contributed by atoms with Crippen molar-refractivity contribution in [1.82, 2.24) is 36.1 Å². The number of hydrogen-bond acceptors (Lipinski definition) is 7. The summed E-state index contributed by atoms with van der Waals surface area (Å²) in [4.78, 5) is 25.2. The average molecular weight is 370 g/mol. The van der Waals surface area contributed by atoms with Gasteiger partial charge in [-0.2, -0.15) is 0 Å². The number of rotatable bonds is 2. The fraction of sp³-hybridized carbons (Fsp3) is 0.0500. The zero-order valence-corrected chi connectivity index (χ0v) is 15.2. The van der Waals surface area contributed by atoms with Crippen LogP contribution in [0.1, 0.15) is 5.69 Å². The number of pyridine rings is 2. The number of benzene rings is 1. The normalized spacial score (nSPS) is 10.9. The van der Waals surface area contributed by atoms with Gasteiger partial charge in [0.25, 0.3) is 0 Å². The molecule has 0 bridgehead atoms. The van der Waals surface area contributed by atoms with Crippen molar-refractivity contribution >= 4 is 27.8 Å². The van der Waals surface area contributed by atoms with Crippen molar-refractivity contribution in [2.24, 2.45) is 0 Å². The second-order valence-corrected chi connectivity index (χ2v) is 6.27. The van der Waals surface area contributed by atoms with Crippen LogP contribution < -0.4 is 11.9 Å². The van der Waals surface area contributed by atoms with Crippen LogP contribution >= 0.6 is 0 Å². The van der Waals surface area contributed by atoms with Gasteiger partial charge in [0.2, 0.25) is 0 Å². The number of H-pyrrole nitrogens is 1. The second kappa shape index (κ2) is 6.67. The Morgan fingerprint density at radius 1 is 0.893 bits per heavy atom. The summed E-state index contributed by atoms with van der Waals surface area (Å²) in [6.07, 6.45) is 4.92. The van der Waals surface area contributed by atoms with Gasteiger partial charge in [0.05, 0.1) is 12.0 Å². The molecule has 8 nitrogen and oxygen atoms in total. The molecule has 4 aromatic heterocycles. The molecule has 0 aliphatic rings. The molecule has 4 heterocycles. The van der Waals surface area contributed by atoms with Crippen LogP contribution in [0.5, 0.6) is 0 Å². The van der Waals surface area contributed by atoms with Gasteiger partial charge in [0.1, 0.15) is 23.4 Å². The summed E-state index contributed by atoms with van der Waals surface area (Å²) < 4.78 is 0. The van der Waals surface area contributed by atoms with E-state index in [4.69, 9.17) is 5.73 Å². The van der Waals surface area contributed by atoms with E-state index >= 15 is 0 Å². The van der Waals surface area contributed by atoms with Crippen LogP contribution in [0.25, 0.3) is 44.5 Å². The van der Waals surface area contributed by atoms with Gasteiger partial charge in [0, 0.05) is 28.4 Å². The molecule has 1 aromatic carbocycles. The molecular weight excluding hydrogens is 352 g/mol. The van der Waals surface area contributed by atoms with Crippen molar-refractivity contribution in [3.63, 3.8) is 0 Å². The van der Waals surface area contributed by atoms with Crippen LogP contribution in [-0.2, 0) is 0 Å². The highest BCUT2D eigenvalue weighted by Gasteiger charge is 2.17. The average Bonchev–Trinajstić information content (AvgIpc) is 3.16. The molecule has 0 atom stereocenters. The molecule has 0 saturated heterocycles. The first-order valence-corrected chi connectivity index (χ1v) is 8.48. The second-order valence-electron chi connectivity index (χ2n) is 6.27. The summed E-state index contributed by atoms with van der Waals surface area (Å²) >= 11 is 0. The van der Waals surface area contributed by atoms with Crippen molar-refractivity contribution in [2.75, 3.05) is 5.73 Å². The maximum absolute atomic E-state index is 6.15. The molecular formula is C20H18N8. The van der Waals surface area contributed by atoms with Crippen molar-refractivity contribution in [2.45, 2.75) is 6.92 Å². The van der Waals surface area contributed by atoms with E-state index in [1.54, 1.807) is 12.5 Å². The lowest BCUT2D eigenvalue weighted by atomic mass is 9.97. The van der Waals surface area contributed by atoms with E-state index in [0.29, 0.717) is 17.0 Å². The van der Waals surface area contributed by atoms with Crippen LogP contribution in [0.15, 0.2) is 55.2 Å². The fourth-order valence-corrected chi connectivity index (χ4v) is 3.41. The minimum atomic E-state index is 0. The molecule has 0 aliphatic carbocycles. The highest BCUT2D eigenvalue weighted by molar-refractivity contribution is 6.04. The van der Waals surface area contributed by atoms with Gasteiger partial charge in [-0.05, 0) is 30.5 Å². The number of aromatic amines is 1. The summed E-state index contributed by atoms with van der Waals surface area (Å²) in [7, 11) is 0. The first-order chi connectivity index (χ1) is 13.2. The van der Waals surface area contributed by atoms with Crippen LogP contribution in [0, 0.1) is 6.92 Å². The van der Waals surface area contributed by atoms with Crippen LogP contribution in [0.2, 0.25) is 0 Å². The number of nitrogens with zero attached hydrogens (tertiary/aromatic N) is 5. The number of aromatic nitrogens is 6. The molecule has 28 heavy (non-hydrogen) atoms. The summed E-state index contributed by atoms with van der Waals surface area (Å²) in [5, 5.41) is 1.91. The Kier molecular flexibility index (Phi) is 4.17. The minimum Gasteiger partial charge on any atom is -0.383 e. The first kappa shape index (κ1) is 17.5. The molecule has 0 aliphatic heterocycles. The molecule has 0 spiro atoms. The third kappa shape index (κ3) is 2.63. The Balaban J connectivity index is 0.00000192. The molecule has 5 aromatic rings. The van der Waals surface area contributed by atoms with Gasteiger partial charge in [0.15, 0.2) is 5.65 Å². The highest BCUT2D eigenvalue weighted by atomic mass is 15.0. The standard InChI is InChI=1S/C20H15N7.H3N/c1-11-8-15-12(4-2-5-13(15)19(21)27-11)16-14(6-3-7-22-16)17-18-20(25-9-23-17)26-10-24-18;/h2-10H,1H3,(H2,21,27)(H,23,24,25,26);1H3. The predicted octanol–water partition coefficient (Wildman–Crippen LogP) is 3.68. The number of aryl methyl sites for hydroxylation is 1. The zero-order chi connectivity index (χ0) is 18.4. The van der Waals surface area contributed by atoms with E-state index < -0.39 is 0 Å². The van der Waals surface area contributed by atoms with Crippen molar-refractivity contribution < 1.29 is 0 Å². The van der Waals surface area contributed by atoms with Crippen molar-refractivity contribution in [3.05, 3.63) is 60.9 Å². The van der Waals surface area contributed by atoms with Crippen LogP contribution in [0.3, 0.4) is 0 Å². The third-order valence-electron chi connectivity index (χ3n) is 4.57. The summed E-state index contributed by atoms with van der Waals surface area (Å²) in [6, 6.07) is 11.9. The van der Waals surface area contributed by atoms with E-state index in [2.05, 4.69) is 29.9 Å². The number of nitrogen functional groups attached to an aromatic ring is 1. The zero-order valence-electron chi connectivity index (χ0n) is 15.2. The van der Waals surface area contributed by atoms with Gasteiger partial charge in [-0.25, -0.2) is 19.9 Å². The van der Waals surface area contributed by atoms with Gasteiger partial charge in [-0.3, -0.25) is 4.98 Å². The molecule has 8 heteroatoms. The maximum Gasteiger partial charge on any atom is 0.161 e. The molecule has 0 amide bonds. The van der Waals surface area contributed by atoms with E-state index in [9.17, 15) is 0 Å². The maximum atomic E-state index is 6.15. The van der Waals surface area contributed by atoms with Crippen molar-refractivity contribution in [3.8, 4) is 22.5 Å². The summed E-state index contributed by atoms with van der Waals surface area (Å²) in [5.41, 5.74) is 11.8. The quantitative estimate of drug-likeness (QED) is 0.430. The topological polar surface area (TPSA) is 141 Å². The number of fused-ring (bicyclic) bond motifs is 2. The van der Waals surface area contributed by atoms with E-state index in [1.807, 2.05) is 43.3 Å². The van der Waals surface area contributed by atoms with Crippen LogP contribution in [-0.4, -0.2) is 29.9 Å². The molecule has 5 rings (SSSR count). The number of nitrogens with two attached hydrogens (primary N) is 1. The Labute approximate surface area is 160 Å². The van der Waals surface area contributed by atoms with E-state index in [1.165, 1.54) is 6.33 Å². The van der Waals surface area contributed by atoms with Gasteiger partial charge in [-0.1, -0.05) is 18.2 Å². The molecule has 6 N–H and O–H groups in total. The first-order valence-electron chi connectivity index (χ1n) is 8.48. The number of nitrogens with one attached hydrogen (secondary N) is 1. The molecule has 0 fully saturated rings. The third-order valence-corrected chi connectivity index (χ3v) is 4.57. The van der Waals surface area contributed by atoms with E-state index in [0.717, 1.165) is 39.0 Å². The van der Waals surface area contributed by atoms with Gasteiger partial charge < -0.3 is 16.9 Å². The lowest BCUT2D eigenvalue weighted by Gasteiger charge is -2.12.